The van der Waals surface area contributed by atoms with Crippen LogP contribution in [0.5, 0.6) is 5.75 Å². The number of amides is 1. The molecule has 8 nitrogen and oxygen atoms in total. The third-order valence-electron chi connectivity index (χ3n) is 6.10. The van der Waals surface area contributed by atoms with Crippen LogP contribution in [0.15, 0.2) is 70.6 Å². The lowest BCUT2D eigenvalue weighted by atomic mass is 10.2. The Kier molecular flexibility index (Phi) is 8.15. The molecule has 0 saturated carbocycles. The van der Waals surface area contributed by atoms with E-state index in [2.05, 4.69) is 25.4 Å². The first-order chi connectivity index (χ1) is 18.2. The number of ether oxygens (including phenoxy) is 2. The third-order valence-corrected chi connectivity index (χ3v) is 7.17. The van der Waals surface area contributed by atoms with Gasteiger partial charge in [-0.2, -0.15) is 5.10 Å². The average molecular weight is 516 g/mol. The van der Waals surface area contributed by atoms with E-state index < -0.39 is 0 Å². The second kappa shape index (κ2) is 12.1. The Labute approximate surface area is 220 Å². The molecular weight excluding hydrogens is 486 g/mol. The van der Waals surface area contributed by atoms with E-state index in [4.69, 9.17) is 9.47 Å². The van der Waals surface area contributed by atoms with Crippen molar-refractivity contribution in [2.24, 2.45) is 0 Å². The number of pyridine rings is 1. The van der Waals surface area contributed by atoms with Crippen molar-refractivity contribution in [1.82, 2.24) is 25.4 Å². The number of benzene rings is 2. The Morgan fingerprint density at radius 1 is 1.16 bits per heavy atom. The molecule has 9 heteroatoms. The zero-order valence-corrected chi connectivity index (χ0v) is 21.5. The van der Waals surface area contributed by atoms with Crippen molar-refractivity contribution < 1.29 is 14.3 Å². The predicted octanol–water partition coefficient (Wildman–Crippen LogP) is 4.35. The van der Waals surface area contributed by atoms with E-state index in [9.17, 15) is 4.79 Å². The van der Waals surface area contributed by atoms with Crippen molar-refractivity contribution >= 4 is 40.7 Å². The Bertz CT molecular complexity index is 1380. The van der Waals surface area contributed by atoms with Crippen LogP contribution in [0.25, 0.3) is 23.1 Å². The zero-order valence-electron chi connectivity index (χ0n) is 20.6. The lowest BCUT2D eigenvalue weighted by Gasteiger charge is -2.26. The standard InChI is InChI=1S/C28H29N5O3S/c1-29-28(34)24-4-2-3-5-27(24)37-22-9-10-23-25(31-32-26(23)18-22)11-7-20-6-8-21(19-30-20)36-17-14-33-12-15-35-16-13-33/h2-11,18-19H,12-17H2,1H3,(H,29,34)(H,31,32)/b11-7+. The van der Waals surface area contributed by atoms with Crippen molar-refractivity contribution in [1.29, 1.82) is 0 Å². The molecule has 3 heterocycles. The van der Waals surface area contributed by atoms with E-state index in [1.54, 1.807) is 25.0 Å². The number of carbonyl (C=O) groups excluding carboxylic acids is 1. The quantitative estimate of drug-likeness (QED) is 0.342. The highest BCUT2D eigenvalue weighted by atomic mass is 32.2. The molecule has 0 aliphatic carbocycles. The van der Waals surface area contributed by atoms with Crippen LogP contribution in [0.3, 0.4) is 0 Å². The molecule has 190 valence electrons. The lowest BCUT2D eigenvalue weighted by Crippen LogP contribution is -2.38. The smallest absolute Gasteiger partial charge is 0.252 e. The number of nitrogens with one attached hydrogen (secondary N) is 2. The molecule has 2 aromatic carbocycles. The highest BCUT2D eigenvalue weighted by Crippen LogP contribution is 2.32. The van der Waals surface area contributed by atoms with Gasteiger partial charge in [-0.25, -0.2) is 0 Å². The molecule has 5 rings (SSSR count). The predicted molar refractivity (Wildman–Crippen MR) is 146 cm³/mol. The highest BCUT2D eigenvalue weighted by molar-refractivity contribution is 7.99. The largest absolute Gasteiger partial charge is 0.491 e. The van der Waals surface area contributed by atoms with Crippen LogP contribution in [-0.4, -0.2) is 72.5 Å². The van der Waals surface area contributed by atoms with Gasteiger partial charge in [-0.15, -0.1) is 0 Å². The zero-order chi connectivity index (χ0) is 25.5. The summed E-state index contributed by atoms with van der Waals surface area (Å²) in [4.78, 5) is 20.9. The maximum Gasteiger partial charge on any atom is 0.252 e. The molecule has 0 unspecified atom stereocenters. The Morgan fingerprint density at radius 2 is 2.03 bits per heavy atom. The Morgan fingerprint density at radius 3 is 2.84 bits per heavy atom. The summed E-state index contributed by atoms with van der Waals surface area (Å²) in [7, 11) is 1.64. The van der Waals surface area contributed by atoms with Gasteiger partial charge in [0.15, 0.2) is 0 Å². The second-order valence-corrected chi connectivity index (χ2v) is 9.66. The van der Waals surface area contributed by atoms with Gasteiger partial charge in [0.1, 0.15) is 12.4 Å². The minimum atomic E-state index is -0.0978. The molecule has 1 aliphatic rings. The molecular formula is C28H29N5O3S. The summed E-state index contributed by atoms with van der Waals surface area (Å²) in [6, 6.07) is 17.6. The first-order valence-electron chi connectivity index (χ1n) is 12.2. The SMILES string of the molecule is CNC(=O)c1ccccc1Sc1ccc2c(/C=C/c3ccc(OCCN4CCOCC4)cn3)n[nH]c2c1. The number of hydrogen-bond acceptors (Lipinski definition) is 7. The van der Waals surface area contributed by atoms with Crippen LogP contribution < -0.4 is 10.1 Å². The molecule has 0 bridgehead atoms. The van der Waals surface area contributed by atoms with Crippen LogP contribution in [0.2, 0.25) is 0 Å². The third kappa shape index (κ3) is 6.37. The molecule has 4 aromatic rings. The Hall–Kier alpha value is -3.66. The molecule has 0 radical (unpaired) electrons. The summed E-state index contributed by atoms with van der Waals surface area (Å²) in [5.74, 6) is 0.665. The van der Waals surface area contributed by atoms with Crippen LogP contribution in [-0.2, 0) is 4.74 Å². The number of carbonyl (C=O) groups is 1. The minimum Gasteiger partial charge on any atom is -0.491 e. The number of rotatable bonds is 9. The molecule has 1 aliphatic heterocycles. The number of nitrogens with zero attached hydrogens (tertiary/aromatic N) is 3. The normalized spacial score (nSPS) is 14.3. The molecule has 0 atom stereocenters. The van der Waals surface area contributed by atoms with E-state index >= 15 is 0 Å². The second-order valence-electron chi connectivity index (χ2n) is 8.55. The number of aromatic nitrogens is 3. The number of morpholine rings is 1. The van der Waals surface area contributed by atoms with Crippen LogP contribution >= 0.6 is 11.8 Å². The molecule has 1 saturated heterocycles. The lowest BCUT2D eigenvalue weighted by molar-refractivity contribution is 0.0322. The van der Waals surface area contributed by atoms with E-state index in [1.807, 2.05) is 66.7 Å². The molecule has 1 amide bonds. The Balaban J connectivity index is 1.21. The fourth-order valence-corrected chi connectivity index (χ4v) is 5.06. The number of aromatic amines is 1. The first-order valence-corrected chi connectivity index (χ1v) is 13.1. The van der Waals surface area contributed by atoms with Crippen molar-refractivity contribution in [2.45, 2.75) is 9.79 Å². The van der Waals surface area contributed by atoms with Crippen molar-refractivity contribution in [3.63, 3.8) is 0 Å². The van der Waals surface area contributed by atoms with Gasteiger partial charge in [0.2, 0.25) is 0 Å². The van der Waals surface area contributed by atoms with Gasteiger partial charge in [0, 0.05) is 41.9 Å². The van der Waals surface area contributed by atoms with Gasteiger partial charge in [0.25, 0.3) is 5.91 Å². The number of fused-ring (bicyclic) bond motifs is 1. The monoisotopic (exact) mass is 515 g/mol. The van der Waals surface area contributed by atoms with Gasteiger partial charge in [0.05, 0.1) is 41.9 Å². The molecule has 0 spiro atoms. The summed E-state index contributed by atoms with van der Waals surface area (Å²) in [6.07, 6.45) is 5.64. The van der Waals surface area contributed by atoms with E-state index in [1.165, 1.54) is 0 Å². The van der Waals surface area contributed by atoms with Crippen molar-refractivity contribution in [3.05, 3.63) is 77.7 Å². The number of hydrogen-bond donors (Lipinski definition) is 2. The highest BCUT2D eigenvalue weighted by Gasteiger charge is 2.12. The van der Waals surface area contributed by atoms with Gasteiger partial charge in [-0.3, -0.25) is 19.8 Å². The fraction of sp³-hybridized carbons (Fsp3) is 0.250. The van der Waals surface area contributed by atoms with Crippen molar-refractivity contribution in [2.75, 3.05) is 46.5 Å². The van der Waals surface area contributed by atoms with Crippen LogP contribution in [0.1, 0.15) is 21.7 Å². The van der Waals surface area contributed by atoms with Crippen LogP contribution in [0, 0.1) is 0 Å². The van der Waals surface area contributed by atoms with Gasteiger partial charge >= 0.3 is 0 Å². The van der Waals surface area contributed by atoms with E-state index in [0.29, 0.717) is 12.2 Å². The minimum absolute atomic E-state index is 0.0978. The van der Waals surface area contributed by atoms with Crippen molar-refractivity contribution in [3.8, 4) is 5.75 Å². The van der Waals surface area contributed by atoms with E-state index in [-0.39, 0.29) is 5.91 Å². The molecule has 2 aromatic heterocycles. The van der Waals surface area contributed by atoms with Gasteiger partial charge in [-0.05, 0) is 54.6 Å². The summed E-state index contributed by atoms with van der Waals surface area (Å²) in [6.45, 7) is 5.02. The molecule has 37 heavy (non-hydrogen) atoms. The molecule has 2 N–H and O–H groups in total. The van der Waals surface area contributed by atoms with Gasteiger partial charge in [-0.1, -0.05) is 23.9 Å². The topological polar surface area (TPSA) is 92.4 Å². The summed E-state index contributed by atoms with van der Waals surface area (Å²) in [5, 5.41) is 11.3. The van der Waals surface area contributed by atoms with Crippen LogP contribution in [0.4, 0.5) is 0 Å². The van der Waals surface area contributed by atoms with Gasteiger partial charge < -0.3 is 14.8 Å². The summed E-state index contributed by atoms with van der Waals surface area (Å²) >= 11 is 1.55. The maximum absolute atomic E-state index is 12.2. The number of H-pyrrole nitrogens is 1. The average Bonchev–Trinajstić information content (AvgIpc) is 3.35. The molecule has 1 fully saturated rings. The fourth-order valence-electron chi connectivity index (χ4n) is 4.07. The maximum atomic E-state index is 12.2. The summed E-state index contributed by atoms with van der Waals surface area (Å²) in [5.41, 5.74) is 3.25. The first kappa shape index (κ1) is 25.0. The summed E-state index contributed by atoms with van der Waals surface area (Å²) < 4.78 is 11.2. The van der Waals surface area contributed by atoms with E-state index in [0.717, 1.165) is 70.7 Å².